The smallest absolute Gasteiger partial charge is 0.251 e. The molecule has 2 aromatic rings. The van der Waals surface area contributed by atoms with Crippen molar-refractivity contribution in [3.8, 4) is 0 Å². The van der Waals surface area contributed by atoms with Crippen LogP contribution in [0.1, 0.15) is 22.8 Å². The summed E-state index contributed by atoms with van der Waals surface area (Å²) in [6, 6.07) is 12.8. The van der Waals surface area contributed by atoms with Gasteiger partial charge in [-0.1, -0.05) is 30.3 Å². The molecule has 0 saturated carbocycles. The molecule has 2 rings (SSSR count). The first-order chi connectivity index (χ1) is 8.16. The summed E-state index contributed by atoms with van der Waals surface area (Å²) >= 11 is 0. The Balaban J connectivity index is 2.29. The van der Waals surface area contributed by atoms with E-state index in [0.717, 1.165) is 5.56 Å². The van der Waals surface area contributed by atoms with Crippen LogP contribution in [0.3, 0.4) is 0 Å². The summed E-state index contributed by atoms with van der Waals surface area (Å²) in [5.74, 6) is -0.0889. The molecule has 1 heterocycles. The van der Waals surface area contributed by atoms with Crippen LogP contribution in [-0.4, -0.2) is 10.4 Å². The van der Waals surface area contributed by atoms with E-state index in [1.807, 2.05) is 30.3 Å². The zero-order valence-corrected chi connectivity index (χ0v) is 9.59. The number of pyridine rings is 1. The fraction of sp³-hybridized carbons (Fsp3) is 0.143. The van der Waals surface area contributed by atoms with Gasteiger partial charge in [-0.05, 0) is 18.6 Å². The number of carbonyl (C=O) groups excluding carboxylic acids is 1. The van der Waals surface area contributed by atoms with Crippen LogP contribution in [0.25, 0.3) is 0 Å². The van der Waals surface area contributed by atoms with Gasteiger partial charge in [-0.25, -0.2) is 0 Å². The topological polar surface area (TPSA) is 39.1 Å². The number of benzene rings is 1. The summed E-state index contributed by atoms with van der Waals surface area (Å²) in [4.78, 5) is 22.9. The summed E-state index contributed by atoms with van der Waals surface area (Å²) in [6.45, 7) is 1.98. The molecule has 86 valence electrons. The zero-order valence-electron chi connectivity index (χ0n) is 9.59. The molecule has 0 spiro atoms. The van der Waals surface area contributed by atoms with E-state index in [2.05, 4.69) is 0 Å². The highest BCUT2D eigenvalue weighted by atomic mass is 16.1. The SMILES string of the molecule is CC(=O)c1ccn(Cc2ccccc2)c(=O)c1. The van der Waals surface area contributed by atoms with Crippen molar-refractivity contribution in [1.82, 2.24) is 4.57 Å². The third-order valence-electron chi connectivity index (χ3n) is 2.60. The molecular formula is C14H13NO2. The quantitative estimate of drug-likeness (QED) is 0.753. The number of Topliss-reactive ketones (excluding diaryl/α,β-unsaturated/α-hetero) is 1. The zero-order chi connectivity index (χ0) is 12.3. The van der Waals surface area contributed by atoms with Gasteiger partial charge in [-0.2, -0.15) is 0 Å². The molecular weight excluding hydrogens is 214 g/mol. The lowest BCUT2D eigenvalue weighted by Gasteiger charge is -2.06. The third-order valence-corrected chi connectivity index (χ3v) is 2.60. The maximum Gasteiger partial charge on any atom is 0.251 e. The number of aromatic nitrogens is 1. The van der Waals surface area contributed by atoms with Crippen molar-refractivity contribution in [2.45, 2.75) is 13.5 Å². The molecule has 0 saturated heterocycles. The molecule has 0 aliphatic carbocycles. The van der Waals surface area contributed by atoms with Gasteiger partial charge >= 0.3 is 0 Å². The number of ketones is 1. The van der Waals surface area contributed by atoms with Gasteiger partial charge in [-0.15, -0.1) is 0 Å². The summed E-state index contributed by atoms with van der Waals surface area (Å²) < 4.78 is 1.59. The van der Waals surface area contributed by atoms with Crippen molar-refractivity contribution in [3.63, 3.8) is 0 Å². The molecule has 1 aromatic heterocycles. The lowest BCUT2D eigenvalue weighted by molar-refractivity contribution is 0.101. The van der Waals surface area contributed by atoms with Gasteiger partial charge in [0.2, 0.25) is 0 Å². The number of rotatable bonds is 3. The first kappa shape index (κ1) is 11.3. The molecule has 0 atom stereocenters. The average molecular weight is 227 g/mol. The maximum absolute atomic E-state index is 11.8. The fourth-order valence-corrected chi connectivity index (χ4v) is 1.64. The molecule has 0 aliphatic rings. The predicted molar refractivity (Wildman–Crippen MR) is 66.3 cm³/mol. The highest BCUT2D eigenvalue weighted by molar-refractivity contribution is 5.93. The van der Waals surface area contributed by atoms with E-state index in [-0.39, 0.29) is 11.3 Å². The van der Waals surface area contributed by atoms with Gasteiger partial charge in [-0.3, -0.25) is 9.59 Å². The van der Waals surface area contributed by atoms with Crippen molar-refractivity contribution >= 4 is 5.78 Å². The fourth-order valence-electron chi connectivity index (χ4n) is 1.64. The second kappa shape index (κ2) is 4.78. The van der Waals surface area contributed by atoms with Gasteiger partial charge in [0.1, 0.15) is 0 Å². The Morgan fingerprint density at radius 2 is 1.88 bits per heavy atom. The number of nitrogens with zero attached hydrogens (tertiary/aromatic N) is 1. The Kier molecular flexibility index (Phi) is 3.19. The van der Waals surface area contributed by atoms with Crippen molar-refractivity contribution in [3.05, 3.63) is 70.1 Å². The second-order valence-corrected chi connectivity index (χ2v) is 3.92. The highest BCUT2D eigenvalue weighted by Gasteiger charge is 2.02. The Morgan fingerprint density at radius 3 is 2.47 bits per heavy atom. The van der Waals surface area contributed by atoms with Crippen molar-refractivity contribution < 1.29 is 4.79 Å². The highest BCUT2D eigenvalue weighted by Crippen LogP contribution is 2.02. The Hall–Kier alpha value is -2.16. The monoisotopic (exact) mass is 227 g/mol. The molecule has 17 heavy (non-hydrogen) atoms. The van der Waals surface area contributed by atoms with Crippen LogP contribution in [0.4, 0.5) is 0 Å². The van der Waals surface area contributed by atoms with Crippen LogP contribution >= 0.6 is 0 Å². The van der Waals surface area contributed by atoms with Crippen LogP contribution < -0.4 is 5.56 Å². The maximum atomic E-state index is 11.8. The summed E-state index contributed by atoms with van der Waals surface area (Å²) in [7, 11) is 0. The first-order valence-corrected chi connectivity index (χ1v) is 5.42. The largest absolute Gasteiger partial charge is 0.311 e. The van der Waals surface area contributed by atoms with E-state index in [1.165, 1.54) is 13.0 Å². The summed E-state index contributed by atoms with van der Waals surface area (Å²) in [6.07, 6.45) is 1.66. The van der Waals surface area contributed by atoms with E-state index in [9.17, 15) is 9.59 Å². The van der Waals surface area contributed by atoms with E-state index >= 15 is 0 Å². The minimum absolute atomic E-state index is 0.0889. The Labute approximate surface area is 99.3 Å². The Bertz CT molecular complexity index is 585. The van der Waals surface area contributed by atoms with E-state index < -0.39 is 0 Å². The molecule has 0 amide bonds. The first-order valence-electron chi connectivity index (χ1n) is 5.42. The van der Waals surface area contributed by atoms with E-state index in [0.29, 0.717) is 12.1 Å². The van der Waals surface area contributed by atoms with Gasteiger partial charge in [0.05, 0.1) is 6.54 Å². The van der Waals surface area contributed by atoms with Gasteiger partial charge in [0.25, 0.3) is 5.56 Å². The van der Waals surface area contributed by atoms with Crippen molar-refractivity contribution in [2.24, 2.45) is 0 Å². The van der Waals surface area contributed by atoms with Crippen LogP contribution in [0.2, 0.25) is 0 Å². The number of hydrogen-bond acceptors (Lipinski definition) is 2. The van der Waals surface area contributed by atoms with E-state index in [4.69, 9.17) is 0 Å². The second-order valence-electron chi connectivity index (χ2n) is 3.92. The molecule has 3 nitrogen and oxygen atoms in total. The molecule has 0 aliphatic heterocycles. The Morgan fingerprint density at radius 1 is 1.18 bits per heavy atom. The minimum Gasteiger partial charge on any atom is -0.311 e. The molecule has 0 radical (unpaired) electrons. The predicted octanol–water partition coefficient (Wildman–Crippen LogP) is 2.10. The van der Waals surface area contributed by atoms with E-state index in [1.54, 1.807) is 16.8 Å². The average Bonchev–Trinajstić information content (AvgIpc) is 2.33. The summed E-state index contributed by atoms with van der Waals surface area (Å²) in [5, 5.41) is 0. The van der Waals surface area contributed by atoms with Crippen molar-refractivity contribution in [1.29, 1.82) is 0 Å². The number of carbonyl (C=O) groups is 1. The van der Waals surface area contributed by atoms with Gasteiger partial charge in [0, 0.05) is 17.8 Å². The van der Waals surface area contributed by atoms with Crippen LogP contribution in [0.15, 0.2) is 53.5 Å². The number of hydrogen-bond donors (Lipinski definition) is 0. The molecule has 0 unspecified atom stereocenters. The molecule has 0 bridgehead atoms. The van der Waals surface area contributed by atoms with Crippen LogP contribution in [0.5, 0.6) is 0 Å². The van der Waals surface area contributed by atoms with Gasteiger partial charge < -0.3 is 4.57 Å². The van der Waals surface area contributed by atoms with Crippen molar-refractivity contribution in [2.75, 3.05) is 0 Å². The van der Waals surface area contributed by atoms with Crippen LogP contribution in [0, 0.1) is 0 Å². The normalized spacial score (nSPS) is 10.2. The standard InChI is InChI=1S/C14H13NO2/c1-11(16)13-7-8-15(14(17)9-13)10-12-5-3-2-4-6-12/h2-9H,10H2,1H3. The summed E-state index contributed by atoms with van der Waals surface area (Å²) in [5.41, 5.74) is 1.37. The lowest BCUT2D eigenvalue weighted by atomic mass is 10.2. The van der Waals surface area contributed by atoms with Gasteiger partial charge in [0.15, 0.2) is 5.78 Å². The van der Waals surface area contributed by atoms with Crippen LogP contribution in [-0.2, 0) is 6.54 Å². The molecule has 0 N–H and O–H groups in total. The lowest BCUT2D eigenvalue weighted by Crippen LogP contribution is -2.20. The molecule has 3 heteroatoms. The third kappa shape index (κ3) is 2.69. The molecule has 1 aromatic carbocycles. The molecule has 0 fully saturated rings. The minimum atomic E-state index is -0.151.